The van der Waals surface area contributed by atoms with E-state index in [2.05, 4.69) is 0 Å². The second-order valence-corrected chi connectivity index (χ2v) is 5.07. The second-order valence-electron chi connectivity index (χ2n) is 5.07. The van der Waals surface area contributed by atoms with E-state index in [9.17, 15) is 9.90 Å². The van der Waals surface area contributed by atoms with Gasteiger partial charge >= 0.3 is 5.97 Å². The van der Waals surface area contributed by atoms with Crippen LogP contribution in [-0.4, -0.2) is 36.0 Å². The van der Waals surface area contributed by atoms with E-state index in [1.807, 2.05) is 0 Å². The van der Waals surface area contributed by atoms with Gasteiger partial charge in [0.2, 0.25) is 0 Å². The molecule has 1 N–H and O–H groups in total. The number of carbonyl (C=O) groups is 1. The van der Waals surface area contributed by atoms with Gasteiger partial charge in [0.25, 0.3) is 0 Å². The van der Waals surface area contributed by atoms with Crippen molar-refractivity contribution in [3.63, 3.8) is 0 Å². The van der Waals surface area contributed by atoms with E-state index >= 15 is 0 Å². The first kappa shape index (κ1) is 12.8. The Morgan fingerprint density at radius 3 is 2.94 bits per heavy atom. The molecule has 2 aliphatic rings. The lowest BCUT2D eigenvalue weighted by atomic mass is 9.79. The lowest BCUT2D eigenvalue weighted by molar-refractivity contribution is -0.172. The molecule has 1 aliphatic carbocycles. The molecule has 4 heteroatoms. The topological polar surface area (TPSA) is 55.8 Å². The van der Waals surface area contributed by atoms with Crippen LogP contribution >= 0.6 is 0 Å². The maximum atomic E-state index is 11.4. The first-order valence-corrected chi connectivity index (χ1v) is 6.70. The molecule has 0 spiro atoms. The summed E-state index contributed by atoms with van der Waals surface area (Å²) < 4.78 is 10.8. The molecule has 0 unspecified atom stereocenters. The van der Waals surface area contributed by atoms with Crippen molar-refractivity contribution in [1.82, 2.24) is 0 Å². The minimum absolute atomic E-state index is 0.179. The van der Waals surface area contributed by atoms with Gasteiger partial charge in [0.1, 0.15) is 0 Å². The summed E-state index contributed by atoms with van der Waals surface area (Å²) in [4.78, 5) is 11.4. The molecule has 2 rings (SSSR count). The quantitative estimate of drug-likeness (QED) is 0.764. The third-order valence-electron chi connectivity index (χ3n) is 3.84. The standard InChI is InChI=1S/C13H22O4/c1-2-16-13(15)8-12-10(14)7-9-5-3-4-6-11(9)17-12/h9-12,14H,2-8H2,1H3/t9-,10+,11+,12-/m0/s1. The van der Waals surface area contributed by atoms with E-state index in [4.69, 9.17) is 9.47 Å². The lowest BCUT2D eigenvalue weighted by Gasteiger charge is -2.41. The smallest absolute Gasteiger partial charge is 0.308 e. The zero-order valence-corrected chi connectivity index (χ0v) is 10.4. The Morgan fingerprint density at radius 2 is 2.18 bits per heavy atom. The maximum Gasteiger partial charge on any atom is 0.308 e. The van der Waals surface area contributed by atoms with Crippen molar-refractivity contribution in [3.05, 3.63) is 0 Å². The van der Waals surface area contributed by atoms with Crippen molar-refractivity contribution in [3.8, 4) is 0 Å². The summed E-state index contributed by atoms with van der Waals surface area (Å²) in [5.74, 6) is 0.211. The van der Waals surface area contributed by atoms with E-state index < -0.39 is 6.10 Å². The Kier molecular flexibility index (Phi) is 4.40. The average Bonchev–Trinajstić information content (AvgIpc) is 2.30. The van der Waals surface area contributed by atoms with Crippen LogP contribution in [-0.2, 0) is 14.3 Å². The van der Waals surface area contributed by atoms with Gasteiger partial charge < -0.3 is 14.6 Å². The Balaban J connectivity index is 1.88. The molecule has 4 nitrogen and oxygen atoms in total. The van der Waals surface area contributed by atoms with E-state index in [0.717, 1.165) is 19.3 Å². The molecule has 1 saturated heterocycles. The van der Waals surface area contributed by atoms with E-state index in [0.29, 0.717) is 12.5 Å². The molecular weight excluding hydrogens is 220 g/mol. The Morgan fingerprint density at radius 1 is 1.41 bits per heavy atom. The summed E-state index contributed by atoms with van der Waals surface area (Å²) in [7, 11) is 0. The van der Waals surface area contributed by atoms with Gasteiger partial charge in [-0.2, -0.15) is 0 Å². The lowest BCUT2D eigenvalue weighted by Crippen LogP contribution is -2.46. The van der Waals surface area contributed by atoms with Crippen molar-refractivity contribution < 1.29 is 19.4 Å². The number of carbonyl (C=O) groups excluding carboxylic acids is 1. The molecule has 0 aromatic rings. The van der Waals surface area contributed by atoms with Crippen molar-refractivity contribution in [2.75, 3.05) is 6.61 Å². The van der Waals surface area contributed by atoms with E-state index in [1.165, 1.54) is 12.8 Å². The third kappa shape index (κ3) is 3.19. The zero-order valence-electron chi connectivity index (χ0n) is 10.4. The second kappa shape index (κ2) is 5.83. The van der Waals surface area contributed by atoms with Crippen LogP contribution in [0.1, 0.15) is 45.4 Å². The molecule has 1 aliphatic heterocycles. The van der Waals surface area contributed by atoms with Gasteiger partial charge in [-0.3, -0.25) is 4.79 Å². The molecule has 17 heavy (non-hydrogen) atoms. The fourth-order valence-electron chi connectivity index (χ4n) is 2.97. The molecule has 0 aromatic carbocycles. The van der Waals surface area contributed by atoms with Gasteiger partial charge in [0, 0.05) is 0 Å². The summed E-state index contributed by atoms with van der Waals surface area (Å²) in [6, 6.07) is 0. The number of fused-ring (bicyclic) bond motifs is 1. The van der Waals surface area contributed by atoms with Crippen LogP contribution in [0.3, 0.4) is 0 Å². The number of rotatable bonds is 3. The summed E-state index contributed by atoms with van der Waals surface area (Å²) in [5.41, 5.74) is 0. The molecular formula is C13H22O4. The van der Waals surface area contributed by atoms with Gasteiger partial charge in [0.05, 0.1) is 31.3 Å². The molecule has 0 aromatic heterocycles. The van der Waals surface area contributed by atoms with Gasteiger partial charge in [-0.1, -0.05) is 12.8 Å². The van der Waals surface area contributed by atoms with Crippen LogP contribution in [0.5, 0.6) is 0 Å². The van der Waals surface area contributed by atoms with E-state index in [1.54, 1.807) is 6.92 Å². The maximum absolute atomic E-state index is 11.4. The number of aliphatic hydroxyl groups excluding tert-OH is 1. The molecule has 1 heterocycles. The fraction of sp³-hybridized carbons (Fsp3) is 0.923. The molecule has 0 amide bonds. The predicted molar refractivity (Wildman–Crippen MR) is 62.5 cm³/mol. The summed E-state index contributed by atoms with van der Waals surface area (Å²) in [6.07, 6.45) is 4.96. The van der Waals surface area contributed by atoms with Crippen LogP contribution in [0.15, 0.2) is 0 Å². The Bertz CT molecular complexity index is 266. The van der Waals surface area contributed by atoms with Crippen molar-refractivity contribution in [2.45, 2.75) is 63.8 Å². The minimum atomic E-state index is -0.515. The van der Waals surface area contributed by atoms with Gasteiger partial charge in [-0.15, -0.1) is 0 Å². The van der Waals surface area contributed by atoms with Crippen LogP contribution in [0.4, 0.5) is 0 Å². The molecule has 1 saturated carbocycles. The summed E-state index contributed by atoms with van der Waals surface area (Å²) >= 11 is 0. The van der Waals surface area contributed by atoms with Crippen molar-refractivity contribution in [1.29, 1.82) is 0 Å². The fourth-order valence-corrected chi connectivity index (χ4v) is 2.97. The highest BCUT2D eigenvalue weighted by atomic mass is 16.5. The van der Waals surface area contributed by atoms with E-state index in [-0.39, 0.29) is 24.6 Å². The SMILES string of the molecule is CCOC(=O)C[C@@H]1O[C@@H]2CCCC[C@H]2C[C@H]1O. The average molecular weight is 242 g/mol. The first-order chi connectivity index (χ1) is 8.20. The Hall–Kier alpha value is -0.610. The molecule has 0 radical (unpaired) electrons. The molecule has 0 bridgehead atoms. The monoisotopic (exact) mass is 242 g/mol. The van der Waals surface area contributed by atoms with Gasteiger partial charge in [0.15, 0.2) is 0 Å². The van der Waals surface area contributed by atoms with Crippen molar-refractivity contribution >= 4 is 5.97 Å². The van der Waals surface area contributed by atoms with Crippen LogP contribution < -0.4 is 0 Å². The molecule has 2 fully saturated rings. The number of hydrogen-bond acceptors (Lipinski definition) is 4. The van der Waals surface area contributed by atoms with Crippen LogP contribution in [0.2, 0.25) is 0 Å². The van der Waals surface area contributed by atoms with Crippen LogP contribution in [0.25, 0.3) is 0 Å². The summed E-state index contributed by atoms with van der Waals surface area (Å²) in [5, 5.41) is 9.99. The van der Waals surface area contributed by atoms with Crippen LogP contribution in [0, 0.1) is 5.92 Å². The van der Waals surface area contributed by atoms with Gasteiger partial charge in [-0.05, 0) is 32.1 Å². The predicted octanol–water partition coefficient (Wildman–Crippen LogP) is 1.65. The first-order valence-electron chi connectivity index (χ1n) is 6.70. The largest absolute Gasteiger partial charge is 0.466 e. The highest BCUT2D eigenvalue weighted by molar-refractivity contribution is 5.70. The third-order valence-corrected chi connectivity index (χ3v) is 3.84. The number of esters is 1. The van der Waals surface area contributed by atoms with Gasteiger partial charge in [-0.25, -0.2) is 0 Å². The minimum Gasteiger partial charge on any atom is -0.466 e. The Labute approximate surface area is 102 Å². The summed E-state index contributed by atoms with van der Waals surface area (Å²) in [6.45, 7) is 2.17. The number of ether oxygens (including phenoxy) is 2. The number of aliphatic hydroxyl groups is 1. The zero-order chi connectivity index (χ0) is 12.3. The van der Waals surface area contributed by atoms with Crippen molar-refractivity contribution in [2.24, 2.45) is 5.92 Å². The number of hydrogen-bond donors (Lipinski definition) is 1. The highest BCUT2D eigenvalue weighted by Crippen LogP contribution is 2.36. The molecule has 98 valence electrons. The highest BCUT2D eigenvalue weighted by Gasteiger charge is 2.39. The molecule has 4 atom stereocenters. The normalized spacial score (nSPS) is 37.3.